The molecule has 0 radical (unpaired) electrons. The van der Waals surface area contributed by atoms with Crippen molar-refractivity contribution in [3.63, 3.8) is 0 Å². The zero-order valence-corrected chi connectivity index (χ0v) is 10.2. The summed E-state index contributed by atoms with van der Waals surface area (Å²) in [6.45, 7) is 0.904. The van der Waals surface area contributed by atoms with Gasteiger partial charge in [0.05, 0.1) is 5.69 Å². The molecular formula is C11H13BrN2O. The summed E-state index contributed by atoms with van der Waals surface area (Å²) in [6.07, 6.45) is 1.50. The first kappa shape index (κ1) is 10.5. The Hall–Kier alpha value is -1.03. The molecule has 0 bridgehead atoms. The number of hydrogen-bond acceptors (Lipinski definition) is 3. The van der Waals surface area contributed by atoms with E-state index in [1.54, 1.807) is 6.07 Å². The monoisotopic (exact) mass is 268 g/mol. The van der Waals surface area contributed by atoms with Crippen LogP contribution in [-0.2, 0) is 0 Å². The van der Waals surface area contributed by atoms with Crippen LogP contribution in [0.1, 0.15) is 23.2 Å². The van der Waals surface area contributed by atoms with Gasteiger partial charge in [-0.1, -0.05) is 0 Å². The van der Waals surface area contributed by atoms with Gasteiger partial charge in [0.2, 0.25) is 0 Å². The molecule has 0 saturated heterocycles. The van der Waals surface area contributed by atoms with E-state index in [0.717, 1.165) is 28.7 Å². The molecule has 4 heteroatoms. The minimum atomic E-state index is 0.183. The number of Topliss-reactive ketones (excluding diaryl/α,β-unsaturated/α-hetero) is 1. The Kier molecular flexibility index (Phi) is 2.69. The van der Waals surface area contributed by atoms with Gasteiger partial charge in [0.1, 0.15) is 0 Å². The summed E-state index contributed by atoms with van der Waals surface area (Å²) in [4.78, 5) is 14.0. The number of nitrogens with zero attached hydrogens (tertiary/aromatic N) is 1. The maximum Gasteiger partial charge on any atom is 0.165 e. The smallest absolute Gasteiger partial charge is 0.165 e. The minimum Gasteiger partial charge on any atom is -0.399 e. The molecule has 1 aliphatic rings. The summed E-state index contributed by atoms with van der Waals surface area (Å²) in [7, 11) is 2.00. The van der Waals surface area contributed by atoms with Gasteiger partial charge in [0, 0.05) is 35.7 Å². The van der Waals surface area contributed by atoms with Crippen LogP contribution in [0.3, 0.4) is 0 Å². The second-order valence-corrected chi connectivity index (χ2v) is 4.70. The van der Waals surface area contributed by atoms with Crippen molar-refractivity contribution in [2.24, 2.45) is 0 Å². The average molecular weight is 269 g/mol. The number of fused-ring (bicyclic) bond motifs is 1. The third-order valence-electron chi connectivity index (χ3n) is 2.67. The lowest BCUT2D eigenvalue weighted by Crippen LogP contribution is -2.18. The van der Waals surface area contributed by atoms with Crippen molar-refractivity contribution in [3.05, 3.63) is 22.2 Å². The summed E-state index contributed by atoms with van der Waals surface area (Å²) in [5.41, 5.74) is 8.07. The molecule has 0 aliphatic carbocycles. The van der Waals surface area contributed by atoms with Crippen LogP contribution in [-0.4, -0.2) is 19.4 Å². The molecule has 1 heterocycles. The SMILES string of the molecule is CN1CCCC(=O)c2cc(N)cc(Br)c21. The number of hydrogen-bond donors (Lipinski definition) is 1. The third kappa shape index (κ3) is 1.86. The van der Waals surface area contributed by atoms with Crippen LogP contribution in [0.25, 0.3) is 0 Å². The van der Waals surface area contributed by atoms with Crippen LogP contribution >= 0.6 is 15.9 Å². The van der Waals surface area contributed by atoms with Crippen molar-refractivity contribution in [2.45, 2.75) is 12.8 Å². The van der Waals surface area contributed by atoms with E-state index in [0.29, 0.717) is 12.1 Å². The van der Waals surface area contributed by atoms with Crippen molar-refractivity contribution in [3.8, 4) is 0 Å². The van der Waals surface area contributed by atoms with Crippen molar-refractivity contribution in [1.82, 2.24) is 0 Å². The lowest BCUT2D eigenvalue weighted by atomic mass is 10.1. The lowest BCUT2D eigenvalue weighted by molar-refractivity contribution is 0.0984. The van der Waals surface area contributed by atoms with E-state index >= 15 is 0 Å². The van der Waals surface area contributed by atoms with Crippen LogP contribution in [0.4, 0.5) is 11.4 Å². The van der Waals surface area contributed by atoms with Gasteiger partial charge < -0.3 is 10.6 Å². The second-order valence-electron chi connectivity index (χ2n) is 3.85. The number of ketones is 1. The normalized spacial score (nSPS) is 16.1. The number of anilines is 2. The van der Waals surface area contributed by atoms with Gasteiger partial charge in [-0.2, -0.15) is 0 Å². The predicted molar refractivity (Wildman–Crippen MR) is 65.4 cm³/mol. The highest BCUT2D eigenvalue weighted by molar-refractivity contribution is 9.10. The molecule has 80 valence electrons. The lowest BCUT2D eigenvalue weighted by Gasteiger charge is -2.20. The molecule has 0 fully saturated rings. The van der Waals surface area contributed by atoms with E-state index in [1.807, 2.05) is 13.1 Å². The van der Waals surface area contributed by atoms with Crippen molar-refractivity contribution >= 4 is 33.1 Å². The summed E-state index contributed by atoms with van der Waals surface area (Å²) in [6, 6.07) is 3.61. The van der Waals surface area contributed by atoms with Gasteiger partial charge in [-0.05, 0) is 34.5 Å². The molecule has 2 rings (SSSR count). The van der Waals surface area contributed by atoms with Gasteiger partial charge in [0.15, 0.2) is 5.78 Å². The van der Waals surface area contributed by atoms with E-state index in [2.05, 4.69) is 20.8 Å². The first-order valence-corrected chi connectivity index (χ1v) is 5.72. The topological polar surface area (TPSA) is 46.3 Å². The van der Waals surface area contributed by atoms with Crippen LogP contribution in [0.2, 0.25) is 0 Å². The Morgan fingerprint density at radius 1 is 1.47 bits per heavy atom. The highest BCUT2D eigenvalue weighted by Crippen LogP contribution is 2.34. The number of carbonyl (C=O) groups excluding carboxylic acids is 1. The molecule has 3 nitrogen and oxygen atoms in total. The fraction of sp³-hybridized carbons (Fsp3) is 0.364. The zero-order valence-electron chi connectivity index (χ0n) is 8.59. The zero-order chi connectivity index (χ0) is 11.0. The molecular weight excluding hydrogens is 256 g/mol. The van der Waals surface area contributed by atoms with Crippen LogP contribution < -0.4 is 10.6 Å². The van der Waals surface area contributed by atoms with Gasteiger partial charge in [-0.25, -0.2) is 0 Å². The number of carbonyl (C=O) groups is 1. The first-order chi connectivity index (χ1) is 7.09. The first-order valence-electron chi connectivity index (χ1n) is 4.93. The number of benzene rings is 1. The number of nitrogens with two attached hydrogens (primary N) is 1. The number of nitrogen functional groups attached to an aromatic ring is 1. The van der Waals surface area contributed by atoms with Gasteiger partial charge in [-0.3, -0.25) is 4.79 Å². The second kappa shape index (κ2) is 3.85. The van der Waals surface area contributed by atoms with Crippen molar-refractivity contribution in [1.29, 1.82) is 0 Å². The highest BCUT2D eigenvalue weighted by atomic mass is 79.9. The van der Waals surface area contributed by atoms with E-state index in [-0.39, 0.29) is 5.78 Å². The maximum absolute atomic E-state index is 11.9. The number of rotatable bonds is 0. The molecule has 15 heavy (non-hydrogen) atoms. The summed E-state index contributed by atoms with van der Waals surface area (Å²) in [5, 5.41) is 0. The Morgan fingerprint density at radius 2 is 2.20 bits per heavy atom. The van der Waals surface area contributed by atoms with Gasteiger partial charge in [-0.15, -0.1) is 0 Å². The maximum atomic E-state index is 11.9. The molecule has 0 unspecified atom stereocenters. The van der Waals surface area contributed by atoms with Crippen molar-refractivity contribution < 1.29 is 4.79 Å². The Bertz CT molecular complexity index is 417. The molecule has 0 saturated carbocycles. The summed E-state index contributed by atoms with van der Waals surface area (Å²) >= 11 is 3.46. The molecule has 1 aromatic rings. The fourth-order valence-electron chi connectivity index (χ4n) is 1.94. The Balaban J connectivity index is 2.64. The van der Waals surface area contributed by atoms with Gasteiger partial charge in [0.25, 0.3) is 0 Å². The Labute approximate surface area is 97.4 Å². The molecule has 0 atom stereocenters. The quantitative estimate of drug-likeness (QED) is 0.736. The average Bonchev–Trinajstić information content (AvgIpc) is 2.27. The van der Waals surface area contributed by atoms with Crippen molar-refractivity contribution in [2.75, 3.05) is 24.2 Å². The molecule has 1 aromatic carbocycles. The molecule has 1 aliphatic heterocycles. The molecule has 0 amide bonds. The van der Waals surface area contributed by atoms with E-state index < -0.39 is 0 Å². The van der Waals surface area contributed by atoms with E-state index in [1.165, 1.54) is 0 Å². The fourth-order valence-corrected chi connectivity index (χ4v) is 2.72. The molecule has 0 spiro atoms. The molecule has 0 aromatic heterocycles. The Morgan fingerprint density at radius 3 is 2.93 bits per heavy atom. The third-order valence-corrected chi connectivity index (χ3v) is 3.27. The van der Waals surface area contributed by atoms with Gasteiger partial charge >= 0.3 is 0 Å². The minimum absolute atomic E-state index is 0.183. The highest BCUT2D eigenvalue weighted by Gasteiger charge is 2.21. The summed E-state index contributed by atoms with van der Waals surface area (Å²) < 4.78 is 0.898. The van der Waals surface area contributed by atoms with Crippen LogP contribution in [0.5, 0.6) is 0 Å². The summed E-state index contributed by atoms with van der Waals surface area (Å²) in [5.74, 6) is 0.183. The van der Waals surface area contributed by atoms with Crippen LogP contribution in [0, 0.1) is 0 Å². The molecule has 2 N–H and O–H groups in total. The van der Waals surface area contributed by atoms with E-state index in [9.17, 15) is 4.79 Å². The standard InChI is InChI=1S/C11H13BrN2O/c1-14-4-2-3-10(15)8-5-7(13)6-9(12)11(8)14/h5-6H,2-4,13H2,1H3. The number of halogens is 1. The largest absolute Gasteiger partial charge is 0.399 e. The van der Waals surface area contributed by atoms with Crippen LogP contribution in [0.15, 0.2) is 16.6 Å². The van der Waals surface area contributed by atoms with E-state index in [4.69, 9.17) is 5.73 Å². The predicted octanol–water partition coefficient (Wildman–Crippen LogP) is 2.44.